The van der Waals surface area contributed by atoms with E-state index in [0.29, 0.717) is 30.8 Å². The summed E-state index contributed by atoms with van der Waals surface area (Å²) in [7, 11) is 2.94. The zero-order chi connectivity index (χ0) is 26.3. The molecule has 1 amide bonds. The van der Waals surface area contributed by atoms with Crippen LogP contribution in [0, 0.1) is 0 Å². The number of benzene rings is 1. The van der Waals surface area contributed by atoms with Crippen molar-refractivity contribution in [3.63, 3.8) is 0 Å². The summed E-state index contributed by atoms with van der Waals surface area (Å²) in [5.74, 6) is 2.30. The van der Waals surface area contributed by atoms with E-state index in [0.717, 1.165) is 60.4 Å². The highest BCUT2D eigenvalue weighted by atomic mass is 16.7. The second-order valence-electron chi connectivity index (χ2n) is 9.45. The molecule has 38 heavy (non-hydrogen) atoms. The summed E-state index contributed by atoms with van der Waals surface area (Å²) >= 11 is 0. The van der Waals surface area contributed by atoms with Crippen molar-refractivity contribution in [2.24, 2.45) is 0 Å². The number of nitrogens with one attached hydrogen (secondary N) is 1. The summed E-state index contributed by atoms with van der Waals surface area (Å²) in [4.78, 5) is 32.5. The van der Waals surface area contributed by atoms with Crippen LogP contribution in [0.5, 0.6) is 11.6 Å². The van der Waals surface area contributed by atoms with Gasteiger partial charge in [0.2, 0.25) is 11.8 Å². The number of nitrogens with zero attached hydrogens (tertiary/aromatic N) is 5. The third-order valence-electron chi connectivity index (χ3n) is 6.93. The third-order valence-corrected chi connectivity index (χ3v) is 6.93. The average Bonchev–Trinajstić information content (AvgIpc) is 2.97. The highest BCUT2D eigenvalue weighted by Gasteiger charge is 2.25. The van der Waals surface area contributed by atoms with E-state index >= 15 is 0 Å². The van der Waals surface area contributed by atoms with Crippen LogP contribution in [-0.2, 0) is 14.4 Å². The van der Waals surface area contributed by atoms with Gasteiger partial charge >= 0.3 is 0 Å². The van der Waals surface area contributed by atoms with Crippen molar-refractivity contribution in [3.8, 4) is 11.6 Å². The molecule has 2 aromatic heterocycles. The summed E-state index contributed by atoms with van der Waals surface area (Å²) in [6, 6.07) is 10.7. The minimum Gasteiger partial charge on any atom is -0.480 e. The smallest absolute Gasteiger partial charge is 0.283 e. The molecule has 0 bridgehead atoms. The molecule has 11 nitrogen and oxygen atoms in total. The Kier molecular flexibility index (Phi) is 8.34. The van der Waals surface area contributed by atoms with Crippen molar-refractivity contribution >= 4 is 28.4 Å². The van der Waals surface area contributed by atoms with Gasteiger partial charge in [-0.15, -0.1) is 0 Å². The van der Waals surface area contributed by atoms with Crippen molar-refractivity contribution in [2.75, 3.05) is 57.3 Å². The van der Waals surface area contributed by atoms with Gasteiger partial charge in [0.25, 0.3) is 5.91 Å². The maximum absolute atomic E-state index is 11.8. The molecular formula is C27H34N6O5. The number of hydroxylamine groups is 2. The molecule has 2 aliphatic rings. The van der Waals surface area contributed by atoms with E-state index in [1.165, 1.54) is 14.2 Å². The lowest BCUT2D eigenvalue weighted by Gasteiger charge is -2.31. The van der Waals surface area contributed by atoms with Gasteiger partial charge in [-0.1, -0.05) is 18.2 Å². The molecule has 202 valence electrons. The number of hydrogen-bond donors (Lipinski definition) is 1. The lowest BCUT2D eigenvalue weighted by atomic mass is 9.93. The van der Waals surface area contributed by atoms with Crippen molar-refractivity contribution < 1.29 is 23.8 Å². The zero-order valence-electron chi connectivity index (χ0n) is 21.8. The monoisotopic (exact) mass is 522 g/mol. The Bertz CT molecular complexity index is 1210. The molecule has 0 unspecified atom stereocenters. The van der Waals surface area contributed by atoms with Gasteiger partial charge in [0, 0.05) is 31.6 Å². The molecule has 1 aliphatic carbocycles. The first-order chi connectivity index (χ1) is 18.6. The molecule has 11 heteroatoms. The van der Waals surface area contributed by atoms with E-state index in [1.54, 1.807) is 12.4 Å². The average molecular weight is 523 g/mol. The highest BCUT2D eigenvalue weighted by Crippen LogP contribution is 2.32. The Balaban J connectivity index is 1.15. The molecule has 1 saturated heterocycles. The van der Waals surface area contributed by atoms with Crippen LogP contribution in [0.2, 0.25) is 0 Å². The quantitative estimate of drug-likeness (QED) is 0.421. The number of anilines is 2. The van der Waals surface area contributed by atoms with Gasteiger partial charge in [-0.2, -0.15) is 4.98 Å². The van der Waals surface area contributed by atoms with Crippen LogP contribution >= 0.6 is 0 Å². The Morgan fingerprint density at radius 1 is 1.13 bits per heavy atom. The maximum Gasteiger partial charge on any atom is 0.283 e. The van der Waals surface area contributed by atoms with E-state index in [9.17, 15) is 4.79 Å². The fraction of sp³-hybridized carbons (Fsp3) is 0.481. The normalized spacial score (nSPS) is 19.7. The number of morpholine rings is 1. The SMILES string of the molecule is CON(C)C(=O)COc1cnc(N[C@H]2CC[C@@H](Oc3nc(N4CCOCC4)cc4ccccc34)CC2)nc1. The Hall–Kier alpha value is -3.70. The van der Waals surface area contributed by atoms with Crippen molar-refractivity contribution in [1.82, 2.24) is 20.0 Å². The number of aromatic nitrogens is 3. The van der Waals surface area contributed by atoms with Crippen LogP contribution in [0.1, 0.15) is 25.7 Å². The van der Waals surface area contributed by atoms with Crippen molar-refractivity contribution in [3.05, 3.63) is 42.7 Å². The molecule has 2 fully saturated rings. The van der Waals surface area contributed by atoms with Gasteiger partial charge in [0.1, 0.15) is 11.9 Å². The van der Waals surface area contributed by atoms with Gasteiger partial charge in [0.15, 0.2) is 12.4 Å². The number of amides is 1. The number of hydrogen-bond acceptors (Lipinski definition) is 10. The van der Waals surface area contributed by atoms with Crippen molar-refractivity contribution in [1.29, 1.82) is 0 Å². The molecule has 1 aliphatic heterocycles. The molecule has 1 aromatic carbocycles. The topological polar surface area (TPSA) is 111 Å². The summed E-state index contributed by atoms with van der Waals surface area (Å²) < 4.78 is 17.4. The summed E-state index contributed by atoms with van der Waals surface area (Å²) in [6.45, 7) is 2.95. The third kappa shape index (κ3) is 6.40. The van der Waals surface area contributed by atoms with Gasteiger partial charge in [0.05, 0.1) is 32.7 Å². The summed E-state index contributed by atoms with van der Waals surface area (Å²) in [6.07, 6.45) is 6.90. The first-order valence-corrected chi connectivity index (χ1v) is 13.0. The number of rotatable bonds is 9. The first kappa shape index (κ1) is 25.9. The van der Waals surface area contributed by atoms with E-state index in [1.807, 2.05) is 12.1 Å². The predicted octanol–water partition coefficient (Wildman–Crippen LogP) is 3.06. The Morgan fingerprint density at radius 3 is 2.61 bits per heavy atom. The van der Waals surface area contributed by atoms with Crippen LogP contribution in [0.3, 0.4) is 0 Å². The number of ether oxygens (including phenoxy) is 3. The molecule has 1 saturated carbocycles. The number of carbonyl (C=O) groups is 1. The largest absolute Gasteiger partial charge is 0.480 e. The van der Waals surface area contributed by atoms with Gasteiger partial charge in [-0.3, -0.25) is 9.63 Å². The second-order valence-corrected chi connectivity index (χ2v) is 9.45. The molecular weight excluding hydrogens is 488 g/mol. The number of carbonyl (C=O) groups excluding carboxylic acids is 1. The second kappa shape index (κ2) is 12.2. The number of fused-ring (bicyclic) bond motifs is 1. The summed E-state index contributed by atoms with van der Waals surface area (Å²) in [5, 5.41) is 6.68. The number of likely N-dealkylation sites (N-methyl/N-ethyl adjacent to an activating group) is 1. The highest BCUT2D eigenvalue weighted by molar-refractivity contribution is 5.89. The predicted molar refractivity (Wildman–Crippen MR) is 142 cm³/mol. The standard InChI is InChI=1S/C27H34N6O5/c1-32(35-2)25(34)18-37-22-16-28-27(29-17-22)30-20-7-9-21(10-8-20)38-26-23-6-4-3-5-19(23)15-24(31-26)33-11-13-36-14-12-33/h3-6,15-17,20-21H,7-14,18H2,1-2H3,(H,28,29,30)/t20-,21+. The molecule has 3 heterocycles. The van der Waals surface area contributed by atoms with Crippen LogP contribution in [0.25, 0.3) is 10.8 Å². The molecule has 0 radical (unpaired) electrons. The van der Waals surface area contributed by atoms with Crippen LogP contribution < -0.4 is 19.7 Å². The molecule has 1 N–H and O–H groups in total. The van der Waals surface area contributed by atoms with E-state index in [2.05, 4.69) is 38.4 Å². The maximum atomic E-state index is 11.8. The molecule has 0 atom stereocenters. The van der Waals surface area contributed by atoms with Gasteiger partial charge < -0.3 is 24.4 Å². The molecule has 5 rings (SSSR count). The van der Waals surface area contributed by atoms with Crippen LogP contribution in [0.15, 0.2) is 42.7 Å². The molecule has 0 spiro atoms. The van der Waals surface area contributed by atoms with Crippen LogP contribution in [0.4, 0.5) is 11.8 Å². The van der Waals surface area contributed by atoms with Crippen molar-refractivity contribution in [2.45, 2.75) is 37.8 Å². The minimum absolute atomic E-state index is 0.100. The number of pyridine rings is 1. The van der Waals surface area contributed by atoms with E-state index in [-0.39, 0.29) is 24.7 Å². The lowest BCUT2D eigenvalue weighted by Crippen LogP contribution is -2.37. The van der Waals surface area contributed by atoms with Crippen LogP contribution in [-0.4, -0.2) is 85.1 Å². The van der Waals surface area contributed by atoms with E-state index < -0.39 is 0 Å². The van der Waals surface area contributed by atoms with E-state index in [4.69, 9.17) is 24.0 Å². The fourth-order valence-corrected chi connectivity index (χ4v) is 4.67. The minimum atomic E-state index is -0.301. The Morgan fingerprint density at radius 2 is 1.87 bits per heavy atom. The first-order valence-electron chi connectivity index (χ1n) is 13.0. The Labute approximate surface area is 222 Å². The van der Waals surface area contributed by atoms with Gasteiger partial charge in [-0.25, -0.2) is 15.0 Å². The summed E-state index contributed by atoms with van der Waals surface area (Å²) in [5.41, 5.74) is 0. The lowest BCUT2D eigenvalue weighted by molar-refractivity contribution is -0.170. The molecule has 3 aromatic rings. The zero-order valence-corrected chi connectivity index (χ0v) is 21.8. The fourth-order valence-electron chi connectivity index (χ4n) is 4.67. The van der Waals surface area contributed by atoms with Gasteiger partial charge in [-0.05, 0) is 43.2 Å².